The largest absolute Gasteiger partial charge is 0.466 e. The van der Waals surface area contributed by atoms with E-state index >= 15 is 0 Å². The lowest BCUT2D eigenvalue weighted by atomic mass is 10.1. The van der Waals surface area contributed by atoms with E-state index in [0.29, 0.717) is 0 Å². The number of hydrogen-bond acceptors (Lipinski definition) is 4. The van der Waals surface area contributed by atoms with Crippen LogP contribution in [0.3, 0.4) is 0 Å². The molecule has 22 heavy (non-hydrogen) atoms. The zero-order valence-electron chi connectivity index (χ0n) is 12.1. The average molecular weight is 313 g/mol. The molecule has 1 amide bonds. The Morgan fingerprint density at radius 3 is 2.59 bits per heavy atom. The van der Waals surface area contributed by atoms with Crippen LogP contribution in [0.25, 0.3) is 0 Å². The van der Waals surface area contributed by atoms with E-state index in [9.17, 15) is 18.4 Å². The van der Waals surface area contributed by atoms with Crippen LogP contribution in [0.5, 0.6) is 0 Å². The number of ether oxygens (including phenoxy) is 2. The highest BCUT2D eigenvalue weighted by atomic mass is 19.3. The van der Waals surface area contributed by atoms with Crippen molar-refractivity contribution in [2.75, 3.05) is 19.7 Å². The van der Waals surface area contributed by atoms with Crippen LogP contribution in [-0.2, 0) is 20.9 Å². The fourth-order valence-electron chi connectivity index (χ4n) is 2.22. The molecule has 1 heterocycles. The van der Waals surface area contributed by atoms with Gasteiger partial charge in [-0.3, -0.25) is 4.79 Å². The summed E-state index contributed by atoms with van der Waals surface area (Å²) < 4.78 is 37.2. The van der Waals surface area contributed by atoms with Crippen molar-refractivity contribution in [3.05, 3.63) is 35.9 Å². The number of esters is 1. The van der Waals surface area contributed by atoms with E-state index in [1.54, 1.807) is 24.3 Å². The third-order valence-electron chi connectivity index (χ3n) is 3.35. The Hall–Kier alpha value is -2.18. The molecule has 1 aromatic rings. The summed E-state index contributed by atoms with van der Waals surface area (Å²) in [7, 11) is 0. The second-order valence-corrected chi connectivity index (χ2v) is 4.99. The average Bonchev–Trinajstić information content (AvgIpc) is 2.82. The molecule has 1 aliphatic heterocycles. The molecule has 7 heteroatoms. The number of carbonyl (C=O) groups is 2. The van der Waals surface area contributed by atoms with Crippen LogP contribution in [0, 0.1) is 5.92 Å². The van der Waals surface area contributed by atoms with Crippen LogP contribution in [0.2, 0.25) is 0 Å². The zero-order chi connectivity index (χ0) is 16.2. The summed E-state index contributed by atoms with van der Waals surface area (Å²) in [6.45, 7) is 0.302. The zero-order valence-corrected chi connectivity index (χ0v) is 12.1. The Morgan fingerprint density at radius 1 is 1.27 bits per heavy atom. The second-order valence-electron chi connectivity index (χ2n) is 4.99. The number of halogens is 2. The first-order chi connectivity index (χ1) is 10.4. The van der Waals surface area contributed by atoms with Gasteiger partial charge in [0.15, 0.2) is 0 Å². The lowest BCUT2D eigenvalue weighted by Gasteiger charge is -2.15. The molecule has 0 aliphatic carbocycles. The van der Waals surface area contributed by atoms with Crippen LogP contribution in [0.1, 0.15) is 12.5 Å². The van der Waals surface area contributed by atoms with Gasteiger partial charge in [0.25, 0.3) is 5.92 Å². The van der Waals surface area contributed by atoms with Crippen molar-refractivity contribution in [1.82, 2.24) is 4.90 Å². The second kappa shape index (κ2) is 6.72. The maximum Gasteiger partial charge on any atom is 0.410 e. The van der Waals surface area contributed by atoms with Gasteiger partial charge in [0, 0.05) is 6.54 Å². The smallest absolute Gasteiger partial charge is 0.410 e. The van der Waals surface area contributed by atoms with Gasteiger partial charge in [-0.1, -0.05) is 30.3 Å². The summed E-state index contributed by atoms with van der Waals surface area (Å²) in [4.78, 5) is 24.2. The molecule has 2 rings (SSSR count). The van der Waals surface area contributed by atoms with Gasteiger partial charge in [-0.2, -0.15) is 0 Å². The minimum atomic E-state index is -3.31. The number of alkyl halides is 2. The first-order valence-electron chi connectivity index (χ1n) is 6.94. The van der Waals surface area contributed by atoms with E-state index in [-0.39, 0.29) is 13.2 Å². The SMILES string of the molecule is CCOC(=O)C1CN(C(=O)OCc2ccccc2)CC1(F)F. The third kappa shape index (κ3) is 3.72. The van der Waals surface area contributed by atoms with Gasteiger partial charge in [-0.25, -0.2) is 13.6 Å². The number of nitrogens with zero attached hydrogens (tertiary/aromatic N) is 1. The Morgan fingerprint density at radius 2 is 1.95 bits per heavy atom. The summed E-state index contributed by atoms with van der Waals surface area (Å²) in [6.07, 6.45) is -0.865. The Kier molecular flexibility index (Phi) is 4.95. The number of amides is 1. The summed E-state index contributed by atoms with van der Waals surface area (Å²) in [5.74, 6) is -5.94. The standard InChI is InChI=1S/C15H17F2NO4/c1-2-21-13(19)12-8-18(10-15(12,16)17)14(20)22-9-11-6-4-3-5-7-11/h3-7,12H,2,8-10H2,1H3. The molecular formula is C15H17F2NO4. The van der Waals surface area contributed by atoms with Crippen molar-refractivity contribution in [2.45, 2.75) is 19.5 Å². The number of rotatable bonds is 4. The van der Waals surface area contributed by atoms with E-state index in [1.807, 2.05) is 6.07 Å². The highest BCUT2D eigenvalue weighted by Crippen LogP contribution is 2.34. The van der Waals surface area contributed by atoms with Gasteiger partial charge < -0.3 is 14.4 Å². The van der Waals surface area contributed by atoms with Gasteiger partial charge in [0.05, 0.1) is 13.2 Å². The van der Waals surface area contributed by atoms with Crippen LogP contribution in [0.4, 0.5) is 13.6 Å². The Labute approximate surface area is 126 Å². The molecule has 0 spiro atoms. The number of benzene rings is 1. The van der Waals surface area contributed by atoms with E-state index in [0.717, 1.165) is 10.5 Å². The topological polar surface area (TPSA) is 55.8 Å². The molecule has 1 unspecified atom stereocenters. The number of hydrogen-bond donors (Lipinski definition) is 0. The predicted octanol–water partition coefficient (Wildman–Crippen LogP) is 2.45. The monoisotopic (exact) mass is 313 g/mol. The van der Waals surface area contributed by atoms with Crippen molar-refractivity contribution >= 4 is 12.1 Å². The highest BCUT2D eigenvalue weighted by Gasteiger charge is 2.54. The van der Waals surface area contributed by atoms with Crippen molar-refractivity contribution in [3.63, 3.8) is 0 Å². The van der Waals surface area contributed by atoms with Crippen molar-refractivity contribution in [2.24, 2.45) is 5.92 Å². The summed E-state index contributed by atoms with van der Waals surface area (Å²) >= 11 is 0. The minimum Gasteiger partial charge on any atom is -0.466 e. The van der Waals surface area contributed by atoms with E-state index in [1.165, 1.54) is 6.92 Å². The maximum atomic E-state index is 13.8. The molecule has 1 aliphatic rings. The summed E-state index contributed by atoms with van der Waals surface area (Å²) in [5, 5.41) is 0. The number of likely N-dealkylation sites (tertiary alicyclic amines) is 1. The van der Waals surface area contributed by atoms with Crippen LogP contribution in [0.15, 0.2) is 30.3 Å². The molecule has 0 saturated carbocycles. The molecule has 0 aromatic heterocycles. The van der Waals surface area contributed by atoms with Crippen molar-refractivity contribution < 1.29 is 27.8 Å². The normalized spacial score (nSPS) is 19.8. The molecule has 0 bridgehead atoms. The fraction of sp³-hybridized carbons (Fsp3) is 0.467. The predicted molar refractivity (Wildman–Crippen MR) is 73.3 cm³/mol. The van der Waals surface area contributed by atoms with Crippen molar-refractivity contribution in [1.29, 1.82) is 0 Å². The molecule has 1 saturated heterocycles. The lowest BCUT2D eigenvalue weighted by Crippen LogP contribution is -2.34. The number of carbonyl (C=O) groups excluding carboxylic acids is 2. The third-order valence-corrected chi connectivity index (χ3v) is 3.35. The Bertz CT molecular complexity index is 536. The molecular weight excluding hydrogens is 296 g/mol. The van der Waals surface area contributed by atoms with Gasteiger partial charge in [-0.05, 0) is 12.5 Å². The fourth-order valence-corrected chi connectivity index (χ4v) is 2.22. The molecule has 0 N–H and O–H groups in total. The highest BCUT2D eigenvalue weighted by molar-refractivity contribution is 5.77. The van der Waals surface area contributed by atoms with Crippen molar-refractivity contribution in [3.8, 4) is 0 Å². The summed E-state index contributed by atoms with van der Waals surface area (Å²) in [6, 6.07) is 8.89. The van der Waals surface area contributed by atoms with Crippen LogP contribution >= 0.6 is 0 Å². The molecule has 1 aromatic carbocycles. The van der Waals surface area contributed by atoms with Gasteiger partial charge in [0.2, 0.25) is 0 Å². The van der Waals surface area contributed by atoms with E-state index < -0.39 is 37.0 Å². The lowest BCUT2D eigenvalue weighted by molar-refractivity contribution is -0.157. The van der Waals surface area contributed by atoms with Gasteiger partial charge in [-0.15, -0.1) is 0 Å². The van der Waals surface area contributed by atoms with Gasteiger partial charge in [0.1, 0.15) is 12.5 Å². The Balaban J connectivity index is 1.93. The molecule has 0 radical (unpaired) electrons. The van der Waals surface area contributed by atoms with Crippen LogP contribution < -0.4 is 0 Å². The van der Waals surface area contributed by atoms with E-state index in [4.69, 9.17) is 4.74 Å². The first kappa shape index (κ1) is 16.2. The molecule has 1 atom stereocenters. The molecule has 1 fully saturated rings. The first-order valence-corrected chi connectivity index (χ1v) is 6.94. The minimum absolute atomic E-state index is 0.00812. The maximum absolute atomic E-state index is 13.8. The molecule has 5 nitrogen and oxygen atoms in total. The molecule has 120 valence electrons. The van der Waals surface area contributed by atoms with Crippen LogP contribution in [-0.4, -0.2) is 42.6 Å². The quantitative estimate of drug-likeness (QED) is 0.801. The van der Waals surface area contributed by atoms with E-state index in [2.05, 4.69) is 4.74 Å². The van der Waals surface area contributed by atoms with Gasteiger partial charge >= 0.3 is 12.1 Å². The summed E-state index contributed by atoms with van der Waals surface area (Å²) in [5.41, 5.74) is 0.753.